The molecular weight excluding hydrogens is 212 g/mol. The summed E-state index contributed by atoms with van der Waals surface area (Å²) in [6.07, 6.45) is 1.62. The first kappa shape index (κ1) is 11.0. The highest BCUT2D eigenvalue weighted by Crippen LogP contribution is 2.22. The Morgan fingerprint density at radius 3 is 2.88 bits per heavy atom. The number of nitrogens with one attached hydrogen (secondary N) is 1. The number of pyridine rings is 1. The van der Waals surface area contributed by atoms with Crippen LogP contribution in [0.2, 0.25) is 0 Å². The zero-order chi connectivity index (χ0) is 12.3. The van der Waals surface area contributed by atoms with Crippen molar-refractivity contribution in [1.29, 1.82) is 5.26 Å². The predicted octanol–water partition coefficient (Wildman–Crippen LogP) is 2.59. The normalized spacial score (nSPS) is 9.65. The van der Waals surface area contributed by atoms with Gasteiger partial charge in [0.25, 0.3) is 0 Å². The van der Waals surface area contributed by atoms with Crippen LogP contribution >= 0.6 is 0 Å². The van der Waals surface area contributed by atoms with Gasteiger partial charge in [-0.2, -0.15) is 5.26 Å². The standard InChI is InChI=1S/C13H12N4/c1-9-3-2-4-12(11(9)8-14)17-13-7-10(15)5-6-16-13/h2-7H,1H3,(H3,15,16,17). The van der Waals surface area contributed by atoms with Crippen LogP contribution in [0.5, 0.6) is 0 Å². The second kappa shape index (κ2) is 4.54. The van der Waals surface area contributed by atoms with Crippen molar-refractivity contribution in [2.75, 3.05) is 11.1 Å². The van der Waals surface area contributed by atoms with E-state index in [-0.39, 0.29) is 0 Å². The first-order chi connectivity index (χ1) is 8.20. The molecule has 0 aliphatic rings. The Labute approximate surface area is 99.7 Å². The Hall–Kier alpha value is -2.54. The van der Waals surface area contributed by atoms with E-state index in [0.29, 0.717) is 17.1 Å². The molecule has 4 heteroatoms. The third-order valence-electron chi connectivity index (χ3n) is 2.43. The van der Waals surface area contributed by atoms with E-state index < -0.39 is 0 Å². The van der Waals surface area contributed by atoms with E-state index >= 15 is 0 Å². The molecule has 0 spiro atoms. The molecule has 3 N–H and O–H groups in total. The minimum absolute atomic E-state index is 0.622. The Morgan fingerprint density at radius 2 is 2.18 bits per heavy atom. The van der Waals surface area contributed by atoms with Crippen LogP contribution in [0.25, 0.3) is 0 Å². The van der Waals surface area contributed by atoms with Crippen LogP contribution in [-0.4, -0.2) is 4.98 Å². The van der Waals surface area contributed by atoms with Crippen molar-refractivity contribution in [3.8, 4) is 6.07 Å². The molecular formula is C13H12N4. The summed E-state index contributed by atoms with van der Waals surface area (Å²) in [5, 5.41) is 12.2. The van der Waals surface area contributed by atoms with Crippen LogP contribution in [0.15, 0.2) is 36.5 Å². The van der Waals surface area contributed by atoms with Gasteiger partial charge in [0, 0.05) is 18.0 Å². The molecule has 0 amide bonds. The van der Waals surface area contributed by atoms with E-state index in [1.165, 1.54) is 0 Å². The number of aryl methyl sites for hydroxylation is 1. The third-order valence-corrected chi connectivity index (χ3v) is 2.43. The molecule has 84 valence electrons. The number of rotatable bonds is 2. The van der Waals surface area contributed by atoms with E-state index in [4.69, 9.17) is 11.0 Å². The molecule has 0 unspecified atom stereocenters. The average molecular weight is 224 g/mol. The monoisotopic (exact) mass is 224 g/mol. The summed E-state index contributed by atoms with van der Waals surface area (Å²) in [5.41, 5.74) is 8.60. The van der Waals surface area contributed by atoms with Crippen molar-refractivity contribution < 1.29 is 0 Å². The fraction of sp³-hybridized carbons (Fsp3) is 0.0769. The van der Waals surface area contributed by atoms with Crippen molar-refractivity contribution in [3.63, 3.8) is 0 Å². The van der Waals surface area contributed by atoms with Crippen molar-refractivity contribution >= 4 is 17.2 Å². The second-order valence-electron chi connectivity index (χ2n) is 3.71. The van der Waals surface area contributed by atoms with Crippen molar-refractivity contribution in [2.45, 2.75) is 6.92 Å². The number of nitrogens with two attached hydrogens (primary N) is 1. The average Bonchev–Trinajstić information content (AvgIpc) is 2.29. The van der Waals surface area contributed by atoms with E-state index in [2.05, 4.69) is 16.4 Å². The summed E-state index contributed by atoms with van der Waals surface area (Å²) in [6, 6.07) is 11.3. The van der Waals surface area contributed by atoms with Gasteiger partial charge in [-0.25, -0.2) is 4.98 Å². The molecule has 0 saturated carbocycles. The SMILES string of the molecule is Cc1cccc(Nc2cc(N)ccn2)c1C#N. The number of aromatic nitrogens is 1. The van der Waals surface area contributed by atoms with Crippen LogP contribution in [0, 0.1) is 18.3 Å². The second-order valence-corrected chi connectivity index (χ2v) is 3.71. The first-order valence-corrected chi connectivity index (χ1v) is 5.19. The number of anilines is 3. The lowest BCUT2D eigenvalue weighted by Crippen LogP contribution is -1.98. The Morgan fingerprint density at radius 1 is 1.35 bits per heavy atom. The quantitative estimate of drug-likeness (QED) is 0.822. The van der Waals surface area contributed by atoms with Crippen LogP contribution in [-0.2, 0) is 0 Å². The van der Waals surface area contributed by atoms with Crippen LogP contribution < -0.4 is 11.1 Å². The summed E-state index contributed by atoms with van der Waals surface area (Å²) >= 11 is 0. The Bertz CT molecular complexity index is 584. The summed E-state index contributed by atoms with van der Waals surface area (Å²) < 4.78 is 0. The number of hydrogen-bond donors (Lipinski definition) is 2. The van der Waals surface area contributed by atoms with Gasteiger partial charge < -0.3 is 11.1 Å². The van der Waals surface area contributed by atoms with Crippen molar-refractivity contribution in [3.05, 3.63) is 47.7 Å². The largest absolute Gasteiger partial charge is 0.399 e. The number of nitriles is 1. The van der Waals surface area contributed by atoms with E-state index in [0.717, 1.165) is 11.3 Å². The summed E-state index contributed by atoms with van der Waals surface area (Å²) in [4.78, 5) is 4.14. The molecule has 0 aliphatic carbocycles. The van der Waals surface area contributed by atoms with Gasteiger partial charge in [0.15, 0.2) is 0 Å². The Kier molecular flexibility index (Phi) is 2.93. The van der Waals surface area contributed by atoms with Gasteiger partial charge in [0.2, 0.25) is 0 Å². The fourth-order valence-electron chi connectivity index (χ4n) is 1.57. The van der Waals surface area contributed by atoms with Gasteiger partial charge >= 0.3 is 0 Å². The molecule has 4 nitrogen and oxygen atoms in total. The topological polar surface area (TPSA) is 74.7 Å². The number of benzene rings is 1. The van der Waals surface area contributed by atoms with Gasteiger partial charge in [0.05, 0.1) is 11.3 Å². The summed E-state index contributed by atoms with van der Waals surface area (Å²) in [5.74, 6) is 0.632. The predicted molar refractivity (Wildman–Crippen MR) is 67.8 cm³/mol. The molecule has 1 aromatic carbocycles. The number of nitrogen functional groups attached to an aromatic ring is 1. The molecule has 0 radical (unpaired) electrons. The smallest absolute Gasteiger partial charge is 0.132 e. The molecule has 1 aromatic heterocycles. The fourth-order valence-corrected chi connectivity index (χ4v) is 1.57. The van der Waals surface area contributed by atoms with E-state index in [9.17, 15) is 0 Å². The van der Waals surface area contributed by atoms with Gasteiger partial charge in [-0.05, 0) is 24.6 Å². The molecule has 2 rings (SSSR count). The minimum Gasteiger partial charge on any atom is -0.399 e. The molecule has 0 aliphatic heterocycles. The van der Waals surface area contributed by atoms with Crippen molar-refractivity contribution in [1.82, 2.24) is 4.98 Å². The molecule has 17 heavy (non-hydrogen) atoms. The lowest BCUT2D eigenvalue weighted by Gasteiger charge is -2.09. The van der Waals surface area contributed by atoms with Crippen molar-refractivity contribution in [2.24, 2.45) is 0 Å². The maximum Gasteiger partial charge on any atom is 0.132 e. The Balaban J connectivity index is 2.37. The van der Waals surface area contributed by atoms with E-state index in [1.807, 2.05) is 25.1 Å². The lowest BCUT2D eigenvalue weighted by atomic mass is 10.1. The summed E-state index contributed by atoms with van der Waals surface area (Å²) in [6.45, 7) is 1.90. The molecule has 0 atom stereocenters. The highest BCUT2D eigenvalue weighted by molar-refractivity contribution is 5.67. The minimum atomic E-state index is 0.622. The zero-order valence-corrected chi connectivity index (χ0v) is 9.44. The van der Waals surface area contributed by atoms with E-state index in [1.54, 1.807) is 18.3 Å². The van der Waals surface area contributed by atoms with Gasteiger partial charge in [-0.1, -0.05) is 12.1 Å². The molecule has 1 heterocycles. The van der Waals surface area contributed by atoms with Gasteiger partial charge in [-0.3, -0.25) is 0 Å². The van der Waals surface area contributed by atoms with Crippen LogP contribution in [0.1, 0.15) is 11.1 Å². The molecule has 0 fully saturated rings. The highest BCUT2D eigenvalue weighted by Gasteiger charge is 2.05. The van der Waals surface area contributed by atoms with Crippen LogP contribution in [0.4, 0.5) is 17.2 Å². The number of hydrogen-bond acceptors (Lipinski definition) is 4. The molecule has 2 aromatic rings. The zero-order valence-electron chi connectivity index (χ0n) is 9.44. The van der Waals surface area contributed by atoms with Gasteiger partial charge in [-0.15, -0.1) is 0 Å². The van der Waals surface area contributed by atoms with Gasteiger partial charge in [0.1, 0.15) is 11.9 Å². The van der Waals surface area contributed by atoms with Crippen LogP contribution in [0.3, 0.4) is 0 Å². The molecule has 0 saturated heterocycles. The third kappa shape index (κ3) is 2.34. The maximum atomic E-state index is 9.10. The lowest BCUT2D eigenvalue weighted by molar-refractivity contribution is 1.30. The first-order valence-electron chi connectivity index (χ1n) is 5.19. The maximum absolute atomic E-state index is 9.10. The molecule has 0 bridgehead atoms. The number of nitrogens with zero attached hydrogens (tertiary/aromatic N) is 2. The highest BCUT2D eigenvalue weighted by atomic mass is 15.0. The summed E-state index contributed by atoms with van der Waals surface area (Å²) in [7, 11) is 0.